The van der Waals surface area contributed by atoms with E-state index in [1.165, 1.54) is 12.4 Å². The first-order chi connectivity index (χ1) is 10.6. The number of hydrogen-bond acceptors (Lipinski definition) is 6. The average Bonchev–Trinajstić information content (AvgIpc) is 2.91. The molecular weight excluding hydrogens is 418 g/mol. The summed E-state index contributed by atoms with van der Waals surface area (Å²) in [5.41, 5.74) is 1.60. The molecule has 0 aliphatic carbocycles. The Morgan fingerprint density at radius 3 is 2.41 bits per heavy atom. The maximum atomic E-state index is 10.9. The van der Waals surface area contributed by atoms with Crippen LogP contribution in [0.25, 0.3) is 11.5 Å². The van der Waals surface area contributed by atoms with Crippen molar-refractivity contribution in [2.75, 3.05) is 5.32 Å². The maximum Gasteiger partial charge on any atom is 0.434 e. The summed E-state index contributed by atoms with van der Waals surface area (Å²) < 4.78 is 6.81. The third kappa shape index (κ3) is 3.60. The first-order valence-corrected chi connectivity index (χ1v) is 7.75. The molecule has 2 N–H and O–H groups in total. The van der Waals surface area contributed by atoms with Crippen molar-refractivity contribution in [2.24, 2.45) is 0 Å². The van der Waals surface area contributed by atoms with Crippen LogP contribution in [-0.4, -0.2) is 20.2 Å². The number of hydrogen-bond donors (Lipinski definition) is 2. The van der Waals surface area contributed by atoms with Gasteiger partial charge in [-0.1, -0.05) is 31.9 Å². The van der Waals surface area contributed by atoms with Gasteiger partial charge in [0.25, 0.3) is 5.89 Å². The molecule has 0 saturated heterocycles. The summed E-state index contributed by atoms with van der Waals surface area (Å²) in [6.45, 7) is 0.578. The Bertz CT molecular complexity index is 824. The van der Waals surface area contributed by atoms with Gasteiger partial charge in [-0.15, -0.1) is 5.10 Å². The largest absolute Gasteiger partial charge is 0.434 e. The number of anilines is 1. The van der Waals surface area contributed by atoms with E-state index >= 15 is 0 Å². The molecule has 0 amide bonds. The van der Waals surface area contributed by atoms with Crippen LogP contribution in [-0.2, 0) is 6.54 Å². The number of H-pyrrole nitrogens is 1. The van der Waals surface area contributed by atoms with E-state index in [2.05, 4.69) is 57.3 Å². The number of nitrogens with zero attached hydrogens (tertiary/aromatic N) is 3. The Labute approximate surface area is 141 Å². The molecule has 0 unspecified atom stereocenters. The van der Waals surface area contributed by atoms with Crippen molar-refractivity contribution in [3.8, 4) is 11.5 Å². The molecule has 0 radical (unpaired) electrons. The van der Waals surface area contributed by atoms with E-state index in [1.54, 1.807) is 0 Å². The number of aromatic amines is 1. The van der Waals surface area contributed by atoms with Crippen molar-refractivity contribution < 1.29 is 4.42 Å². The summed E-state index contributed by atoms with van der Waals surface area (Å²) in [5.74, 6) is 0.0163. The van der Waals surface area contributed by atoms with E-state index in [-0.39, 0.29) is 5.89 Å². The fraction of sp³-hybridized carbons (Fsp3) is 0.0769. The van der Waals surface area contributed by atoms with Crippen LogP contribution < -0.4 is 11.1 Å². The molecule has 0 spiro atoms. The van der Waals surface area contributed by atoms with Gasteiger partial charge < -0.3 is 9.73 Å². The van der Waals surface area contributed by atoms with Gasteiger partial charge in [0, 0.05) is 27.9 Å². The molecule has 0 saturated carbocycles. The van der Waals surface area contributed by atoms with Crippen molar-refractivity contribution in [3.63, 3.8) is 0 Å². The van der Waals surface area contributed by atoms with Crippen molar-refractivity contribution in [2.45, 2.75) is 6.54 Å². The first kappa shape index (κ1) is 14.9. The number of benzene rings is 1. The lowest BCUT2D eigenvalue weighted by Gasteiger charge is -2.06. The van der Waals surface area contributed by atoms with Crippen LogP contribution in [0.4, 0.5) is 5.95 Å². The van der Waals surface area contributed by atoms with Crippen LogP contribution in [0, 0.1) is 0 Å². The fourth-order valence-corrected chi connectivity index (χ4v) is 3.17. The minimum atomic E-state index is -0.613. The SMILES string of the molecule is O=c1[nH]nc(-c2cnc(NCc3cc(Br)cc(Br)c3)nc2)o1. The highest BCUT2D eigenvalue weighted by Gasteiger charge is 2.06. The standard InChI is InChI=1S/C13H9Br2N5O2/c14-9-1-7(2-10(15)3-9)4-16-12-17-5-8(6-18-12)11-19-20-13(21)22-11/h1-3,5-6H,4H2,(H,20,21)(H,16,17,18). The lowest BCUT2D eigenvalue weighted by atomic mass is 10.2. The predicted octanol–water partition coefficient (Wildman–Crippen LogP) is 2.96. The summed E-state index contributed by atoms with van der Waals surface area (Å²) in [5, 5.41) is 9.02. The van der Waals surface area contributed by atoms with Crippen molar-refractivity contribution >= 4 is 37.8 Å². The Hall–Kier alpha value is -2.00. The molecule has 22 heavy (non-hydrogen) atoms. The lowest BCUT2D eigenvalue weighted by molar-refractivity contribution is 0.526. The normalized spacial score (nSPS) is 10.6. The number of halogens is 2. The average molecular weight is 427 g/mol. The maximum absolute atomic E-state index is 10.9. The fourth-order valence-electron chi connectivity index (χ4n) is 1.78. The van der Waals surface area contributed by atoms with Crippen LogP contribution in [0.5, 0.6) is 0 Å². The molecule has 0 fully saturated rings. The highest BCUT2D eigenvalue weighted by molar-refractivity contribution is 9.11. The van der Waals surface area contributed by atoms with Crippen LogP contribution in [0.1, 0.15) is 5.56 Å². The molecule has 7 nitrogen and oxygen atoms in total. The third-order valence-corrected chi connectivity index (χ3v) is 3.63. The van der Waals surface area contributed by atoms with Crippen molar-refractivity contribution in [1.29, 1.82) is 0 Å². The predicted molar refractivity (Wildman–Crippen MR) is 87.3 cm³/mol. The molecule has 3 rings (SSSR count). The minimum Gasteiger partial charge on any atom is -0.388 e. The van der Waals surface area contributed by atoms with Gasteiger partial charge in [0.05, 0.1) is 5.56 Å². The third-order valence-electron chi connectivity index (χ3n) is 2.71. The van der Waals surface area contributed by atoms with Gasteiger partial charge in [-0.3, -0.25) is 0 Å². The summed E-state index contributed by atoms with van der Waals surface area (Å²) in [4.78, 5) is 19.2. The van der Waals surface area contributed by atoms with Gasteiger partial charge in [-0.25, -0.2) is 19.9 Å². The summed E-state index contributed by atoms with van der Waals surface area (Å²) in [6.07, 6.45) is 3.07. The Morgan fingerprint density at radius 1 is 1.14 bits per heavy atom. The van der Waals surface area contributed by atoms with Crippen LogP contribution in [0.15, 0.2) is 48.7 Å². The molecule has 0 atom stereocenters. The second kappa shape index (κ2) is 6.41. The van der Waals surface area contributed by atoms with Crippen molar-refractivity contribution in [1.82, 2.24) is 20.2 Å². The minimum absolute atomic E-state index is 0.160. The van der Waals surface area contributed by atoms with Crippen LogP contribution >= 0.6 is 31.9 Å². The molecule has 0 bridgehead atoms. The summed E-state index contributed by atoms with van der Waals surface area (Å²) in [7, 11) is 0. The van der Waals surface area contributed by atoms with E-state index < -0.39 is 5.76 Å². The van der Waals surface area contributed by atoms with Crippen molar-refractivity contribution in [3.05, 3.63) is 55.7 Å². The van der Waals surface area contributed by atoms with Gasteiger partial charge in [-0.05, 0) is 23.8 Å². The lowest BCUT2D eigenvalue weighted by Crippen LogP contribution is -2.03. The molecule has 1 aromatic carbocycles. The van der Waals surface area contributed by atoms with Gasteiger partial charge in [-0.2, -0.15) is 0 Å². The topological polar surface area (TPSA) is 96.7 Å². The Kier molecular flexibility index (Phi) is 4.34. The van der Waals surface area contributed by atoms with Gasteiger partial charge in [0.15, 0.2) is 0 Å². The molecule has 0 aliphatic heterocycles. The zero-order valence-electron chi connectivity index (χ0n) is 11.0. The summed E-state index contributed by atoms with van der Waals surface area (Å²) >= 11 is 6.88. The Balaban J connectivity index is 1.69. The molecular formula is C13H9Br2N5O2. The monoisotopic (exact) mass is 425 g/mol. The second-order valence-electron chi connectivity index (χ2n) is 4.34. The summed E-state index contributed by atoms with van der Waals surface area (Å²) in [6, 6.07) is 5.97. The number of nitrogens with one attached hydrogen (secondary N) is 2. The van der Waals surface area contributed by atoms with Gasteiger partial charge >= 0.3 is 5.76 Å². The number of aromatic nitrogens is 4. The quantitative estimate of drug-likeness (QED) is 0.665. The first-order valence-electron chi connectivity index (χ1n) is 6.17. The van der Waals surface area contributed by atoms with Crippen LogP contribution in [0.2, 0.25) is 0 Å². The molecule has 112 valence electrons. The number of rotatable bonds is 4. The molecule has 2 aromatic heterocycles. The second-order valence-corrected chi connectivity index (χ2v) is 6.18. The molecule has 0 aliphatic rings. The molecule has 9 heteroatoms. The van der Waals surface area contributed by atoms with Gasteiger partial charge in [0.1, 0.15) is 0 Å². The molecule has 2 heterocycles. The zero-order chi connectivity index (χ0) is 15.5. The zero-order valence-corrected chi connectivity index (χ0v) is 14.2. The highest BCUT2D eigenvalue weighted by atomic mass is 79.9. The van der Waals surface area contributed by atoms with E-state index in [4.69, 9.17) is 4.42 Å². The smallest absolute Gasteiger partial charge is 0.388 e. The van der Waals surface area contributed by atoms with E-state index in [0.717, 1.165) is 14.5 Å². The van der Waals surface area contributed by atoms with E-state index in [0.29, 0.717) is 18.1 Å². The Morgan fingerprint density at radius 2 is 1.82 bits per heavy atom. The van der Waals surface area contributed by atoms with E-state index in [9.17, 15) is 4.79 Å². The van der Waals surface area contributed by atoms with Crippen LogP contribution in [0.3, 0.4) is 0 Å². The highest BCUT2D eigenvalue weighted by Crippen LogP contribution is 2.20. The molecule has 3 aromatic rings. The van der Waals surface area contributed by atoms with Gasteiger partial charge in [0.2, 0.25) is 5.95 Å². The van der Waals surface area contributed by atoms with E-state index in [1.807, 2.05) is 18.2 Å².